The van der Waals surface area contributed by atoms with Gasteiger partial charge in [0.2, 0.25) is 0 Å². The summed E-state index contributed by atoms with van der Waals surface area (Å²) in [5.74, 6) is -1.78. The Hall–Kier alpha value is -1.82. The summed E-state index contributed by atoms with van der Waals surface area (Å²) in [4.78, 5) is 15.1. The van der Waals surface area contributed by atoms with Crippen molar-refractivity contribution in [1.82, 2.24) is 4.98 Å². The fraction of sp³-hybridized carbons (Fsp3) is 0.167. The fourth-order valence-corrected chi connectivity index (χ4v) is 2.13. The van der Waals surface area contributed by atoms with Gasteiger partial charge in [0.25, 0.3) is 0 Å². The van der Waals surface area contributed by atoms with E-state index in [1.165, 1.54) is 24.3 Å². The van der Waals surface area contributed by atoms with Gasteiger partial charge in [-0.2, -0.15) is 0 Å². The van der Waals surface area contributed by atoms with Crippen LogP contribution in [0.25, 0.3) is 0 Å². The van der Waals surface area contributed by atoms with Gasteiger partial charge in [0, 0.05) is 23.6 Å². The monoisotopic (exact) mass is 268 g/mol. The molecule has 1 aromatic heterocycles. The van der Waals surface area contributed by atoms with Gasteiger partial charge in [0.1, 0.15) is 5.78 Å². The zero-order chi connectivity index (χ0) is 13.1. The lowest BCUT2D eigenvalue weighted by Gasteiger charge is -2.02. The molecule has 0 aliphatic heterocycles. The van der Waals surface area contributed by atoms with Gasteiger partial charge in [-0.3, -0.25) is 4.79 Å². The second-order valence-corrected chi connectivity index (χ2v) is 4.63. The molecule has 1 N–H and O–H groups in total. The third-order valence-electron chi connectivity index (χ3n) is 2.15. The highest BCUT2D eigenvalue weighted by Crippen LogP contribution is 2.22. The Morgan fingerprint density at radius 2 is 2.17 bits per heavy atom. The van der Waals surface area contributed by atoms with E-state index in [2.05, 4.69) is 10.3 Å². The fourth-order valence-electron chi connectivity index (χ4n) is 1.40. The quantitative estimate of drug-likeness (QED) is 0.925. The summed E-state index contributed by atoms with van der Waals surface area (Å²) in [6.45, 7) is 1.49. The molecule has 18 heavy (non-hydrogen) atoms. The van der Waals surface area contributed by atoms with Gasteiger partial charge in [-0.1, -0.05) is 0 Å². The van der Waals surface area contributed by atoms with E-state index in [-0.39, 0.29) is 12.2 Å². The normalized spacial score (nSPS) is 10.4. The first kappa shape index (κ1) is 12.6. The van der Waals surface area contributed by atoms with Gasteiger partial charge in [0.15, 0.2) is 16.8 Å². The number of anilines is 2. The maximum atomic E-state index is 13.0. The van der Waals surface area contributed by atoms with E-state index in [0.29, 0.717) is 16.5 Å². The van der Waals surface area contributed by atoms with Crippen molar-refractivity contribution in [2.45, 2.75) is 13.3 Å². The largest absolute Gasteiger partial charge is 0.331 e. The number of nitrogens with zero attached hydrogens (tertiary/aromatic N) is 1. The molecule has 6 heteroatoms. The third-order valence-corrected chi connectivity index (χ3v) is 2.96. The molecule has 0 spiro atoms. The van der Waals surface area contributed by atoms with E-state index < -0.39 is 11.6 Å². The van der Waals surface area contributed by atoms with E-state index in [0.717, 1.165) is 12.1 Å². The van der Waals surface area contributed by atoms with Gasteiger partial charge in [-0.25, -0.2) is 13.8 Å². The molecule has 0 radical (unpaired) electrons. The average molecular weight is 268 g/mol. The molecule has 2 aromatic rings. The van der Waals surface area contributed by atoms with Crippen molar-refractivity contribution in [2.24, 2.45) is 0 Å². The SMILES string of the molecule is CC(=O)Cc1csc(Nc2ccc(F)c(F)c2)n1. The van der Waals surface area contributed by atoms with Crippen molar-refractivity contribution >= 4 is 27.9 Å². The van der Waals surface area contributed by atoms with Crippen molar-refractivity contribution in [3.05, 3.63) is 40.9 Å². The molecule has 0 unspecified atom stereocenters. The molecule has 0 fully saturated rings. The predicted octanol–water partition coefficient (Wildman–Crippen LogP) is 3.30. The molecule has 1 heterocycles. The second kappa shape index (κ2) is 5.22. The Kier molecular flexibility index (Phi) is 3.66. The van der Waals surface area contributed by atoms with Gasteiger partial charge in [-0.05, 0) is 19.1 Å². The van der Waals surface area contributed by atoms with E-state index in [4.69, 9.17) is 0 Å². The average Bonchev–Trinajstić information content (AvgIpc) is 2.70. The number of ketones is 1. The Morgan fingerprint density at radius 3 is 2.83 bits per heavy atom. The molecule has 0 aliphatic rings. The number of benzene rings is 1. The number of hydrogen-bond donors (Lipinski definition) is 1. The molecule has 0 atom stereocenters. The lowest BCUT2D eigenvalue weighted by atomic mass is 10.3. The molecule has 2 rings (SSSR count). The minimum Gasteiger partial charge on any atom is -0.331 e. The lowest BCUT2D eigenvalue weighted by Crippen LogP contribution is -1.97. The van der Waals surface area contributed by atoms with Gasteiger partial charge >= 0.3 is 0 Å². The standard InChI is InChI=1S/C12H10F2N2OS/c1-7(17)4-9-6-18-12(16-9)15-8-2-3-10(13)11(14)5-8/h2-3,5-6H,4H2,1H3,(H,15,16). The summed E-state index contributed by atoms with van der Waals surface area (Å²) < 4.78 is 25.7. The molecule has 0 bridgehead atoms. The first-order chi connectivity index (χ1) is 8.54. The number of hydrogen-bond acceptors (Lipinski definition) is 4. The lowest BCUT2D eigenvalue weighted by molar-refractivity contribution is -0.116. The van der Waals surface area contributed by atoms with Crippen molar-refractivity contribution in [2.75, 3.05) is 5.32 Å². The van der Waals surface area contributed by atoms with Crippen molar-refractivity contribution in [1.29, 1.82) is 0 Å². The number of nitrogens with one attached hydrogen (secondary N) is 1. The van der Waals surface area contributed by atoms with Crippen molar-refractivity contribution < 1.29 is 13.6 Å². The van der Waals surface area contributed by atoms with Gasteiger partial charge in [0.05, 0.1) is 5.69 Å². The number of Topliss-reactive ketones (excluding diaryl/α,β-unsaturated/α-hetero) is 1. The topological polar surface area (TPSA) is 42.0 Å². The molecular weight excluding hydrogens is 258 g/mol. The van der Waals surface area contributed by atoms with Crippen LogP contribution in [-0.2, 0) is 11.2 Å². The predicted molar refractivity (Wildman–Crippen MR) is 66.1 cm³/mol. The molecule has 0 saturated carbocycles. The maximum absolute atomic E-state index is 13.0. The van der Waals surface area contributed by atoms with Crippen LogP contribution in [0.3, 0.4) is 0 Å². The summed E-state index contributed by atoms with van der Waals surface area (Å²) in [5, 5.41) is 5.15. The zero-order valence-corrected chi connectivity index (χ0v) is 10.4. The summed E-state index contributed by atoms with van der Waals surface area (Å²) in [5.41, 5.74) is 1.08. The smallest absolute Gasteiger partial charge is 0.187 e. The first-order valence-corrected chi connectivity index (χ1v) is 6.08. The molecule has 94 valence electrons. The highest BCUT2D eigenvalue weighted by molar-refractivity contribution is 7.13. The Morgan fingerprint density at radius 1 is 1.39 bits per heavy atom. The summed E-state index contributed by atoms with van der Waals surface area (Å²) >= 11 is 1.31. The molecule has 0 aliphatic carbocycles. The van der Waals surface area contributed by atoms with Crippen LogP contribution in [0, 0.1) is 11.6 Å². The Labute approximate surface area is 106 Å². The highest BCUT2D eigenvalue weighted by atomic mass is 32.1. The van der Waals surface area contributed by atoms with E-state index in [1.807, 2.05) is 0 Å². The van der Waals surface area contributed by atoms with Crippen LogP contribution in [0.5, 0.6) is 0 Å². The van der Waals surface area contributed by atoms with E-state index >= 15 is 0 Å². The Balaban J connectivity index is 2.11. The zero-order valence-electron chi connectivity index (χ0n) is 9.54. The minimum absolute atomic E-state index is 0.0275. The number of rotatable bonds is 4. The third kappa shape index (κ3) is 3.10. The van der Waals surface area contributed by atoms with Gasteiger partial charge in [-0.15, -0.1) is 11.3 Å². The summed E-state index contributed by atoms with van der Waals surface area (Å²) in [7, 11) is 0. The number of thiazole rings is 1. The van der Waals surface area contributed by atoms with Crippen LogP contribution in [0.1, 0.15) is 12.6 Å². The number of aromatic nitrogens is 1. The molecule has 3 nitrogen and oxygen atoms in total. The van der Waals surface area contributed by atoms with Gasteiger partial charge < -0.3 is 5.32 Å². The molecule has 0 amide bonds. The molecular formula is C12H10F2N2OS. The van der Waals surface area contributed by atoms with Crippen molar-refractivity contribution in [3.8, 4) is 0 Å². The van der Waals surface area contributed by atoms with Crippen LogP contribution >= 0.6 is 11.3 Å². The first-order valence-electron chi connectivity index (χ1n) is 5.20. The maximum Gasteiger partial charge on any atom is 0.187 e. The molecule has 1 aromatic carbocycles. The number of carbonyl (C=O) groups excluding carboxylic acids is 1. The molecule has 0 saturated heterocycles. The number of carbonyl (C=O) groups is 1. The van der Waals surface area contributed by atoms with Crippen LogP contribution in [-0.4, -0.2) is 10.8 Å². The second-order valence-electron chi connectivity index (χ2n) is 3.78. The van der Waals surface area contributed by atoms with Crippen LogP contribution < -0.4 is 5.32 Å². The van der Waals surface area contributed by atoms with Crippen LogP contribution in [0.2, 0.25) is 0 Å². The Bertz CT molecular complexity index is 583. The van der Waals surface area contributed by atoms with E-state index in [9.17, 15) is 13.6 Å². The van der Waals surface area contributed by atoms with Crippen LogP contribution in [0.15, 0.2) is 23.6 Å². The number of halogens is 2. The van der Waals surface area contributed by atoms with Crippen LogP contribution in [0.4, 0.5) is 19.6 Å². The highest BCUT2D eigenvalue weighted by Gasteiger charge is 2.06. The summed E-state index contributed by atoms with van der Waals surface area (Å²) in [6, 6.07) is 3.52. The van der Waals surface area contributed by atoms with Crippen molar-refractivity contribution in [3.63, 3.8) is 0 Å². The van der Waals surface area contributed by atoms with E-state index in [1.54, 1.807) is 5.38 Å². The summed E-state index contributed by atoms with van der Waals surface area (Å²) in [6.07, 6.45) is 0.274. The minimum atomic E-state index is -0.916.